The van der Waals surface area contributed by atoms with Gasteiger partial charge in [-0.25, -0.2) is 4.98 Å². The van der Waals surface area contributed by atoms with Crippen molar-refractivity contribution in [3.05, 3.63) is 41.2 Å². The van der Waals surface area contributed by atoms with E-state index in [0.29, 0.717) is 36.6 Å². The summed E-state index contributed by atoms with van der Waals surface area (Å²) in [6.07, 6.45) is 12.0. The number of hydrogen-bond acceptors (Lipinski definition) is 6. The molecule has 1 aliphatic heterocycles. The largest absolute Gasteiger partial charge is 0.384 e. The molecule has 6 nitrogen and oxygen atoms in total. The van der Waals surface area contributed by atoms with Crippen LogP contribution in [-0.2, 0) is 15.9 Å². The minimum Gasteiger partial charge on any atom is -0.384 e. The highest BCUT2D eigenvalue weighted by molar-refractivity contribution is 6.33. The summed E-state index contributed by atoms with van der Waals surface area (Å²) >= 11 is 6.58. The molecule has 2 fully saturated rings. The van der Waals surface area contributed by atoms with E-state index in [1.807, 2.05) is 18.2 Å². The normalized spacial score (nSPS) is 22.2. The van der Waals surface area contributed by atoms with Gasteiger partial charge in [-0.1, -0.05) is 43.9 Å². The third-order valence-corrected chi connectivity index (χ3v) is 8.52. The van der Waals surface area contributed by atoms with Crippen molar-refractivity contribution in [2.75, 3.05) is 38.8 Å². The molecule has 0 aromatic carbocycles. The maximum Gasteiger partial charge on any atom is 0.126 e. The molecule has 1 saturated heterocycles. The van der Waals surface area contributed by atoms with Crippen molar-refractivity contribution in [3.63, 3.8) is 0 Å². The minimum atomic E-state index is -0.404. The summed E-state index contributed by atoms with van der Waals surface area (Å²) in [6, 6.07) is 10.5. The monoisotopic (exact) mass is 524 g/mol. The maximum absolute atomic E-state index is 9.74. The summed E-state index contributed by atoms with van der Waals surface area (Å²) in [5.41, 5.74) is 2.42. The molecule has 2 aromatic rings. The smallest absolute Gasteiger partial charge is 0.126 e. The fourth-order valence-corrected chi connectivity index (χ4v) is 5.93. The lowest BCUT2D eigenvalue weighted by Crippen LogP contribution is -2.34. The Morgan fingerprint density at radius 3 is 2.70 bits per heavy atom. The third kappa shape index (κ3) is 7.89. The number of halogens is 1. The van der Waals surface area contributed by atoms with Crippen LogP contribution in [0.5, 0.6) is 0 Å². The summed E-state index contributed by atoms with van der Waals surface area (Å²) in [5.74, 6) is 2.93. The van der Waals surface area contributed by atoms with Gasteiger partial charge in [-0.2, -0.15) is 5.26 Å². The van der Waals surface area contributed by atoms with Gasteiger partial charge in [0.05, 0.1) is 22.2 Å². The first kappa shape index (κ1) is 27.8. The van der Waals surface area contributed by atoms with Crippen LogP contribution in [0.15, 0.2) is 30.5 Å². The zero-order valence-electron chi connectivity index (χ0n) is 22.3. The van der Waals surface area contributed by atoms with E-state index in [2.05, 4.69) is 29.4 Å². The molecule has 0 unspecified atom stereocenters. The molecule has 7 heteroatoms. The predicted octanol–water partition coefficient (Wildman–Crippen LogP) is 6.94. The second kappa shape index (κ2) is 13.6. The molecular formula is C30H41ClN4O2. The zero-order chi connectivity index (χ0) is 26.1. The van der Waals surface area contributed by atoms with Crippen LogP contribution in [0.2, 0.25) is 5.02 Å². The molecule has 2 aliphatic rings. The van der Waals surface area contributed by atoms with E-state index in [1.165, 1.54) is 38.5 Å². The van der Waals surface area contributed by atoms with Gasteiger partial charge in [-0.3, -0.25) is 4.98 Å². The fourth-order valence-electron chi connectivity index (χ4n) is 5.73. The van der Waals surface area contributed by atoms with Crippen molar-refractivity contribution in [2.24, 2.45) is 23.2 Å². The van der Waals surface area contributed by atoms with Crippen molar-refractivity contribution in [2.45, 2.75) is 64.7 Å². The number of nitrogens with zero attached hydrogens (tertiary/aromatic N) is 3. The molecular weight excluding hydrogens is 484 g/mol. The van der Waals surface area contributed by atoms with Gasteiger partial charge in [0, 0.05) is 50.9 Å². The highest BCUT2D eigenvalue weighted by atomic mass is 35.5. The number of methoxy groups -OCH3 is 1. The predicted molar refractivity (Wildman–Crippen MR) is 148 cm³/mol. The molecule has 0 radical (unpaired) electrons. The van der Waals surface area contributed by atoms with Gasteiger partial charge in [0.1, 0.15) is 5.82 Å². The first-order valence-corrected chi connectivity index (χ1v) is 14.2. The van der Waals surface area contributed by atoms with Crippen LogP contribution in [0.4, 0.5) is 5.82 Å². The van der Waals surface area contributed by atoms with Gasteiger partial charge in [0.2, 0.25) is 0 Å². The SMILES string of the molecule is COC[C@@H](C)CCC1CCC(Cc2cc(-c3cccc(NCC4(C#N)CCOCC4)n3)c(Cl)cn2)CC1. The number of hydrogen-bond donors (Lipinski definition) is 1. The number of aromatic nitrogens is 2. The average Bonchev–Trinajstić information content (AvgIpc) is 2.93. The number of anilines is 1. The third-order valence-electron chi connectivity index (χ3n) is 8.22. The van der Waals surface area contributed by atoms with E-state index < -0.39 is 5.41 Å². The molecule has 2 aromatic heterocycles. The number of nitriles is 1. The Morgan fingerprint density at radius 2 is 1.97 bits per heavy atom. The Balaban J connectivity index is 1.34. The van der Waals surface area contributed by atoms with Gasteiger partial charge >= 0.3 is 0 Å². The lowest BCUT2D eigenvalue weighted by Gasteiger charge is -2.30. The second-order valence-corrected chi connectivity index (χ2v) is 11.6. The van der Waals surface area contributed by atoms with Crippen LogP contribution in [0.3, 0.4) is 0 Å². The van der Waals surface area contributed by atoms with E-state index in [-0.39, 0.29) is 0 Å². The molecule has 0 amide bonds. The number of nitrogens with one attached hydrogen (secondary N) is 1. The molecule has 1 N–H and O–H groups in total. The van der Waals surface area contributed by atoms with E-state index in [1.54, 1.807) is 13.3 Å². The van der Waals surface area contributed by atoms with E-state index in [4.69, 9.17) is 26.1 Å². The fraction of sp³-hybridized carbons (Fsp3) is 0.633. The molecule has 3 heterocycles. The summed E-state index contributed by atoms with van der Waals surface area (Å²) in [4.78, 5) is 9.49. The van der Waals surface area contributed by atoms with E-state index in [9.17, 15) is 5.26 Å². The van der Waals surface area contributed by atoms with Crippen molar-refractivity contribution in [3.8, 4) is 17.3 Å². The topological polar surface area (TPSA) is 80.1 Å². The second-order valence-electron chi connectivity index (χ2n) is 11.2. The summed E-state index contributed by atoms with van der Waals surface area (Å²) < 4.78 is 10.7. The molecule has 37 heavy (non-hydrogen) atoms. The first-order valence-electron chi connectivity index (χ1n) is 13.8. The first-order chi connectivity index (χ1) is 18.0. The van der Waals surface area contributed by atoms with E-state index >= 15 is 0 Å². The van der Waals surface area contributed by atoms with Crippen LogP contribution in [0.1, 0.15) is 64.0 Å². The van der Waals surface area contributed by atoms with Gasteiger partial charge in [-0.15, -0.1) is 0 Å². The molecule has 1 atom stereocenters. The molecule has 200 valence electrons. The summed E-state index contributed by atoms with van der Waals surface area (Å²) in [7, 11) is 1.79. The maximum atomic E-state index is 9.74. The van der Waals surface area contributed by atoms with Gasteiger partial charge < -0.3 is 14.8 Å². The highest BCUT2D eigenvalue weighted by Gasteiger charge is 2.32. The summed E-state index contributed by atoms with van der Waals surface area (Å²) in [5, 5.41) is 13.7. The number of rotatable bonds is 11. The average molecular weight is 525 g/mol. The van der Waals surface area contributed by atoms with Gasteiger partial charge in [0.15, 0.2) is 0 Å². The lowest BCUT2D eigenvalue weighted by molar-refractivity contribution is 0.0455. The van der Waals surface area contributed by atoms with Crippen LogP contribution in [-0.4, -0.2) is 43.4 Å². The highest BCUT2D eigenvalue weighted by Crippen LogP contribution is 2.35. The van der Waals surface area contributed by atoms with Crippen molar-refractivity contribution >= 4 is 17.4 Å². The Morgan fingerprint density at radius 1 is 1.22 bits per heavy atom. The van der Waals surface area contributed by atoms with Gasteiger partial charge in [-0.05, 0) is 74.5 Å². The number of pyridine rings is 2. The molecule has 0 spiro atoms. The Bertz CT molecular complexity index is 1040. The van der Waals surface area contributed by atoms with E-state index in [0.717, 1.165) is 54.6 Å². The quantitative estimate of drug-likeness (QED) is 0.343. The summed E-state index contributed by atoms with van der Waals surface area (Å²) in [6.45, 7) is 4.98. The standard InChI is InChI=1S/C30H41ClN4O2/c1-22(19-36-2)6-7-23-8-10-24(11-9-23)16-25-17-26(27(31)18-33-25)28-4-3-5-29(35-28)34-21-30(20-32)12-14-37-15-13-30/h3-5,17-18,22-24H,6-16,19,21H2,1-2H3,(H,34,35)/t22-,23?,24?/m0/s1. The lowest BCUT2D eigenvalue weighted by atomic mass is 9.77. The Labute approximate surface area is 227 Å². The van der Waals surface area contributed by atoms with Crippen LogP contribution >= 0.6 is 11.6 Å². The minimum absolute atomic E-state index is 0.404. The molecule has 1 saturated carbocycles. The van der Waals surface area contributed by atoms with Crippen molar-refractivity contribution in [1.82, 2.24) is 9.97 Å². The zero-order valence-corrected chi connectivity index (χ0v) is 23.1. The van der Waals surface area contributed by atoms with Crippen LogP contribution in [0.25, 0.3) is 11.3 Å². The molecule has 1 aliphatic carbocycles. The Hall–Kier alpha value is -2.20. The van der Waals surface area contributed by atoms with Crippen LogP contribution < -0.4 is 5.32 Å². The molecule has 0 bridgehead atoms. The van der Waals surface area contributed by atoms with Gasteiger partial charge in [0.25, 0.3) is 0 Å². The van der Waals surface area contributed by atoms with Crippen molar-refractivity contribution < 1.29 is 9.47 Å². The Kier molecular flexibility index (Phi) is 10.2. The molecule has 4 rings (SSSR count). The van der Waals surface area contributed by atoms with Crippen LogP contribution in [0, 0.1) is 34.5 Å². The van der Waals surface area contributed by atoms with Crippen molar-refractivity contribution in [1.29, 1.82) is 5.26 Å². The number of ether oxygens (including phenoxy) is 2.